The molecule has 1 saturated carbocycles. The number of aromatic nitrogens is 2. The van der Waals surface area contributed by atoms with Crippen molar-refractivity contribution in [3.05, 3.63) is 23.0 Å². The number of halogens is 1. The Bertz CT molecular complexity index is 896. The van der Waals surface area contributed by atoms with Gasteiger partial charge in [0, 0.05) is 43.7 Å². The molecule has 1 atom stereocenters. The monoisotopic (exact) mass is 421 g/mol. The first-order chi connectivity index (χ1) is 13.6. The van der Waals surface area contributed by atoms with E-state index in [4.69, 9.17) is 10.3 Å². The van der Waals surface area contributed by atoms with Gasteiger partial charge in [-0.05, 0) is 45.1 Å². The fourth-order valence-electron chi connectivity index (χ4n) is 3.96. The average molecular weight is 422 g/mol. The van der Waals surface area contributed by atoms with E-state index < -0.39 is 0 Å². The standard InChI is InChI=1S/C20H27N5O3.ClH/c1-12-18-15(10-16(13-5-6-13)23-19(18)28-24-12)20(27)25-9-3-2-4-14(25)11-22-17(26)7-8-21;/h10,13-14H,2-9,11,21H2,1H3,(H,22,26);1H. The van der Waals surface area contributed by atoms with E-state index in [9.17, 15) is 9.59 Å². The van der Waals surface area contributed by atoms with Crippen LogP contribution >= 0.6 is 12.4 Å². The minimum Gasteiger partial charge on any atom is -0.354 e. The topological polar surface area (TPSA) is 114 Å². The van der Waals surface area contributed by atoms with Gasteiger partial charge in [0.2, 0.25) is 5.91 Å². The average Bonchev–Trinajstić information content (AvgIpc) is 3.49. The summed E-state index contributed by atoms with van der Waals surface area (Å²) in [6, 6.07) is 1.90. The molecule has 0 aromatic carbocycles. The first-order valence-electron chi connectivity index (χ1n) is 10.1. The SMILES string of the molecule is Cc1noc2nc(C3CC3)cc(C(=O)N3CCCCC3CNC(=O)CCN)c12.Cl. The van der Waals surface area contributed by atoms with Crippen molar-refractivity contribution in [2.24, 2.45) is 5.73 Å². The fourth-order valence-corrected chi connectivity index (χ4v) is 3.96. The number of amides is 2. The Morgan fingerprint density at radius 2 is 2.10 bits per heavy atom. The maximum atomic E-state index is 13.5. The van der Waals surface area contributed by atoms with Crippen LogP contribution in [0.4, 0.5) is 0 Å². The first-order valence-corrected chi connectivity index (χ1v) is 10.1. The molecular weight excluding hydrogens is 394 g/mol. The molecule has 2 aromatic rings. The zero-order valence-corrected chi connectivity index (χ0v) is 17.5. The van der Waals surface area contributed by atoms with Gasteiger partial charge >= 0.3 is 0 Å². The molecule has 3 heterocycles. The molecule has 4 rings (SSSR count). The van der Waals surface area contributed by atoms with Gasteiger partial charge in [0.25, 0.3) is 11.6 Å². The number of carbonyl (C=O) groups is 2. The van der Waals surface area contributed by atoms with Crippen LogP contribution in [0.25, 0.3) is 11.1 Å². The number of nitrogens with zero attached hydrogens (tertiary/aromatic N) is 3. The summed E-state index contributed by atoms with van der Waals surface area (Å²) < 4.78 is 5.38. The van der Waals surface area contributed by atoms with E-state index >= 15 is 0 Å². The van der Waals surface area contributed by atoms with Crippen molar-refractivity contribution >= 4 is 35.3 Å². The molecule has 3 N–H and O–H groups in total. The molecule has 1 aliphatic heterocycles. The van der Waals surface area contributed by atoms with Crippen molar-refractivity contribution in [1.82, 2.24) is 20.4 Å². The third kappa shape index (κ3) is 4.53. The summed E-state index contributed by atoms with van der Waals surface area (Å²) in [5.74, 6) is 0.310. The lowest BCUT2D eigenvalue weighted by Crippen LogP contribution is -2.49. The number of hydrogen-bond acceptors (Lipinski definition) is 6. The third-order valence-corrected chi connectivity index (χ3v) is 5.66. The second kappa shape index (κ2) is 9.09. The van der Waals surface area contributed by atoms with Crippen LogP contribution < -0.4 is 11.1 Å². The van der Waals surface area contributed by atoms with E-state index in [0.717, 1.165) is 37.8 Å². The van der Waals surface area contributed by atoms with Crippen molar-refractivity contribution in [3.8, 4) is 0 Å². The number of aryl methyl sites for hydroxylation is 1. The van der Waals surface area contributed by atoms with Crippen molar-refractivity contribution in [1.29, 1.82) is 0 Å². The van der Waals surface area contributed by atoms with E-state index in [1.807, 2.05) is 17.9 Å². The molecule has 2 aromatic heterocycles. The maximum absolute atomic E-state index is 13.5. The Labute approximate surface area is 176 Å². The Morgan fingerprint density at radius 3 is 2.83 bits per heavy atom. The first kappa shape index (κ1) is 21.5. The van der Waals surface area contributed by atoms with Gasteiger partial charge in [-0.25, -0.2) is 4.98 Å². The predicted molar refractivity (Wildman–Crippen MR) is 111 cm³/mol. The van der Waals surface area contributed by atoms with Crippen LogP contribution in [0, 0.1) is 6.92 Å². The minimum absolute atomic E-state index is 0. The molecule has 2 fully saturated rings. The number of pyridine rings is 1. The lowest BCUT2D eigenvalue weighted by atomic mass is 9.99. The van der Waals surface area contributed by atoms with Gasteiger partial charge in [0.15, 0.2) is 0 Å². The molecule has 1 unspecified atom stereocenters. The Balaban J connectivity index is 0.00000240. The van der Waals surface area contributed by atoms with Crippen molar-refractivity contribution in [2.75, 3.05) is 19.6 Å². The number of rotatable bonds is 6. The largest absolute Gasteiger partial charge is 0.354 e. The molecule has 158 valence electrons. The lowest BCUT2D eigenvalue weighted by molar-refractivity contribution is -0.121. The molecule has 29 heavy (non-hydrogen) atoms. The van der Waals surface area contributed by atoms with Crippen molar-refractivity contribution < 1.29 is 14.1 Å². The number of piperidine rings is 1. The normalized spacial score (nSPS) is 19.1. The smallest absolute Gasteiger partial charge is 0.259 e. The van der Waals surface area contributed by atoms with E-state index in [1.165, 1.54) is 0 Å². The molecule has 0 spiro atoms. The van der Waals surface area contributed by atoms with E-state index in [2.05, 4.69) is 15.5 Å². The lowest BCUT2D eigenvalue weighted by Gasteiger charge is -2.36. The summed E-state index contributed by atoms with van der Waals surface area (Å²) in [7, 11) is 0. The number of nitrogens with one attached hydrogen (secondary N) is 1. The molecule has 9 heteroatoms. The third-order valence-electron chi connectivity index (χ3n) is 5.66. The van der Waals surface area contributed by atoms with Crippen LogP contribution in [0.2, 0.25) is 0 Å². The molecule has 0 radical (unpaired) electrons. The molecule has 8 nitrogen and oxygen atoms in total. The Morgan fingerprint density at radius 1 is 1.31 bits per heavy atom. The molecule has 1 saturated heterocycles. The van der Waals surface area contributed by atoms with Gasteiger partial charge in [-0.2, -0.15) is 0 Å². The molecule has 2 amide bonds. The fraction of sp³-hybridized carbons (Fsp3) is 0.600. The Kier molecular flexibility index (Phi) is 6.74. The zero-order chi connectivity index (χ0) is 19.7. The van der Waals surface area contributed by atoms with E-state index in [-0.39, 0.29) is 30.3 Å². The number of carbonyl (C=O) groups excluding carboxylic acids is 2. The van der Waals surface area contributed by atoms with E-state index in [0.29, 0.717) is 54.3 Å². The quantitative estimate of drug-likeness (QED) is 0.739. The second-order valence-corrected chi connectivity index (χ2v) is 7.81. The summed E-state index contributed by atoms with van der Waals surface area (Å²) in [6.07, 6.45) is 5.38. The minimum atomic E-state index is -0.0716. The summed E-state index contributed by atoms with van der Waals surface area (Å²) in [4.78, 5) is 31.8. The number of hydrogen-bond donors (Lipinski definition) is 2. The predicted octanol–water partition coefficient (Wildman–Crippen LogP) is 2.29. The molecule has 2 aliphatic rings. The van der Waals surface area contributed by atoms with Gasteiger partial charge in [0.05, 0.1) is 16.6 Å². The van der Waals surface area contributed by atoms with Crippen molar-refractivity contribution in [3.63, 3.8) is 0 Å². The Hall–Kier alpha value is -2.19. The highest BCUT2D eigenvalue weighted by Gasteiger charge is 2.32. The van der Waals surface area contributed by atoms with Crippen LogP contribution in [0.1, 0.15) is 66.2 Å². The van der Waals surface area contributed by atoms with E-state index in [1.54, 1.807) is 0 Å². The van der Waals surface area contributed by atoms with Crippen molar-refractivity contribution in [2.45, 2.75) is 57.4 Å². The van der Waals surface area contributed by atoms with Gasteiger partial charge in [-0.1, -0.05) is 5.16 Å². The van der Waals surface area contributed by atoms with Crippen LogP contribution in [0.15, 0.2) is 10.6 Å². The number of nitrogens with two attached hydrogens (primary N) is 1. The number of likely N-dealkylation sites (tertiary alicyclic amines) is 1. The number of fused-ring (bicyclic) bond motifs is 1. The van der Waals surface area contributed by atoms with Gasteiger partial charge in [-0.3, -0.25) is 9.59 Å². The highest BCUT2D eigenvalue weighted by molar-refractivity contribution is 6.06. The second-order valence-electron chi connectivity index (χ2n) is 7.81. The highest BCUT2D eigenvalue weighted by Crippen LogP contribution is 2.40. The molecule has 0 bridgehead atoms. The summed E-state index contributed by atoms with van der Waals surface area (Å²) >= 11 is 0. The molecule has 1 aliphatic carbocycles. The van der Waals surface area contributed by atoms with Gasteiger partial charge in [0.1, 0.15) is 0 Å². The highest BCUT2D eigenvalue weighted by atomic mass is 35.5. The van der Waals surface area contributed by atoms with Crippen LogP contribution in [-0.2, 0) is 4.79 Å². The molecular formula is C20H28ClN5O3. The summed E-state index contributed by atoms with van der Waals surface area (Å²) in [5, 5.41) is 7.64. The van der Waals surface area contributed by atoms with Gasteiger partial charge < -0.3 is 20.5 Å². The summed E-state index contributed by atoms with van der Waals surface area (Å²) in [5.41, 5.74) is 8.09. The van der Waals surface area contributed by atoms with Crippen LogP contribution in [-0.4, -0.2) is 52.5 Å². The van der Waals surface area contributed by atoms with Crippen LogP contribution in [0.3, 0.4) is 0 Å². The van der Waals surface area contributed by atoms with Gasteiger partial charge in [-0.15, -0.1) is 12.4 Å². The summed E-state index contributed by atoms with van der Waals surface area (Å²) in [6.45, 7) is 3.30. The zero-order valence-electron chi connectivity index (χ0n) is 16.6. The van der Waals surface area contributed by atoms with Crippen LogP contribution in [0.5, 0.6) is 0 Å². The maximum Gasteiger partial charge on any atom is 0.259 e.